The molecule has 7 heteroatoms. The zero-order valence-electron chi connectivity index (χ0n) is 13.0. The first-order valence-electron chi connectivity index (χ1n) is 7.33. The van der Waals surface area contributed by atoms with E-state index in [2.05, 4.69) is 5.32 Å². The average Bonchev–Trinajstić information content (AvgIpc) is 2.54. The number of alkyl halides is 3. The molecule has 0 aromatic heterocycles. The largest absolute Gasteiger partial charge is 0.492 e. The van der Waals surface area contributed by atoms with Gasteiger partial charge < -0.3 is 15.4 Å². The van der Waals surface area contributed by atoms with E-state index in [9.17, 15) is 18.0 Å². The van der Waals surface area contributed by atoms with Gasteiger partial charge in [0.05, 0.1) is 12.3 Å². The third kappa shape index (κ3) is 4.91. The van der Waals surface area contributed by atoms with Crippen LogP contribution in [0.2, 0.25) is 0 Å². The van der Waals surface area contributed by atoms with Gasteiger partial charge in [-0.3, -0.25) is 4.79 Å². The average molecular weight is 338 g/mol. The van der Waals surface area contributed by atoms with Crippen molar-refractivity contribution in [2.75, 3.05) is 17.2 Å². The van der Waals surface area contributed by atoms with Crippen LogP contribution in [0, 0.1) is 0 Å². The van der Waals surface area contributed by atoms with Crippen LogP contribution < -0.4 is 15.4 Å². The molecule has 0 saturated heterocycles. The molecule has 0 heterocycles. The van der Waals surface area contributed by atoms with E-state index in [4.69, 9.17) is 4.74 Å². The molecule has 2 aromatic rings. The van der Waals surface area contributed by atoms with E-state index < -0.39 is 12.1 Å². The van der Waals surface area contributed by atoms with Gasteiger partial charge in [-0.25, -0.2) is 0 Å². The highest BCUT2D eigenvalue weighted by Gasteiger charge is 2.38. The van der Waals surface area contributed by atoms with Gasteiger partial charge in [-0.05, 0) is 36.8 Å². The van der Waals surface area contributed by atoms with E-state index in [0.29, 0.717) is 18.9 Å². The molecule has 0 unspecified atom stereocenters. The van der Waals surface area contributed by atoms with Crippen molar-refractivity contribution in [2.24, 2.45) is 0 Å². The summed E-state index contributed by atoms with van der Waals surface area (Å²) in [5, 5.41) is 5.00. The third-order valence-electron chi connectivity index (χ3n) is 3.11. The molecule has 2 rings (SSSR count). The van der Waals surface area contributed by atoms with E-state index in [1.165, 1.54) is 12.1 Å². The van der Waals surface area contributed by atoms with Gasteiger partial charge in [-0.15, -0.1) is 0 Å². The van der Waals surface area contributed by atoms with Crippen LogP contribution in [-0.4, -0.2) is 18.7 Å². The molecule has 0 spiro atoms. The van der Waals surface area contributed by atoms with E-state index in [0.717, 1.165) is 11.3 Å². The highest BCUT2D eigenvalue weighted by molar-refractivity contribution is 5.94. The molecular weight excluding hydrogens is 321 g/mol. The van der Waals surface area contributed by atoms with Crippen LogP contribution in [0.4, 0.5) is 24.5 Å². The Balaban J connectivity index is 2.04. The molecule has 4 nitrogen and oxygen atoms in total. The Morgan fingerprint density at radius 2 is 1.88 bits per heavy atom. The second-order valence-electron chi connectivity index (χ2n) is 4.93. The Morgan fingerprint density at radius 1 is 1.12 bits per heavy atom. The van der Waals surface area contributed by atoms with E-state index in [1.54, 1.807) is 12.1 Å². The molecule has 128 valence electrons. The second-order valence-corrected chi connectivity index (χ2v) is 4.93. The van der Waals surface area contributed by atoms with Crippen molar-refractivity contribution in [1.29, 1.82) is 0 Å². The monoisotopic (exact) mass is 338 g/mol. The lowest BCUT2D eigenvalue weighted by Crippen LogP contribution is -2.29. The molecule has 0 atom stereocenters. The number of anilines is 2. The SMILES string of the molecule is CCOc1ccccc1NCc1cccc(NC(=O)C(F)(F)F)c1. The second kappa shape index (κ2) is 7.72. The highest BCUT2D eigenvalue weighted by Crippen LogP contribution is 2.25. The van der Waals surface area contributed by atoms with Gasteiger partial charge in [-0.1, -0.05) is 24.3 Å². The first-order chi connectivity index (χ1) is 11.4. The van der Waals surface area contributed by atoms with E-state index in [-0.39, 0.29) is 5.69 Å². The van der Waals surface area contributed by atoms with Crippen molar-refractivity contribution in [3.8, 4) is 5.75 Å². The molecule has 24 heavy (non-hydrogen) atoms. The summed E-state index contributed by atoms with van der Waals surface area (Å²) in [6, 6.07) is 13.6. The standard InChI is InChI=1S/C17H17F3N2O2/c1-2-24-15-9-4-3-8-14(15)21-11-12-6-5-7-13(10-12)22-16(23)17(18,19)20/h3-10,21H,2,11H2,1H3,(H,22,23). The van der Waals surface area contributed by atoms with Gasteiger partial charge >= 0.3 is 12.1 Å². The number of carbonyl (C=O) groups is 1. The van der Waals surface area contributed by atoms with Crippen LogP contribution >= 0.6 is 0 Å². The van der Waals surface area contributed by atoms with Gasteiger partial charge in [0, 0.05) is 12.2 Å². The number of benzene rings is 2. The maximum atomic E-state index is 12.3. The number of halogens is 3. The maximum Gasteiger partial charge on any atom is 0.471 e. The van der Waals surface area contributed by atoms with Crippen LogP contribution in [0.3, 0.4) is 0 Å². The zero-order chi connectivity index (χ0) is 17.6. The number of hydrogen-bond acceptors (Lipinski definition) is 3. The quantitative estimate of drug-likeness (QED) is 0.830. The molecule has 0 saturated carbocycles. The number of hydrogen-bond donors (Lipinski definition) is 2. The van der Waals surface area contributed by atoms with Crippen molar-refractivity contribution in [3.63, 3.8) is 0 Å². The van der Waals surface area contributed by atoms with Crippen molar-refractivity contribution in [3.05, 3.63) is 54.1 Å². The summed E-state index contributed by atoms with van der Waals surface area (Å²) in [5.74, 6) is -1.30. The normalized spacial score (nSPS) is 11.0. The smallest absolute Gasteiger partial charge is 0.471 e. The topological polar surface area (TPSA) is 50.4 Å². The predicted octanol–water partition coefficient (Wildman–Crippen LogP) is 4.20. The summed E-state index contributed by atoms with van der Waals surface area (Å²) >= 11 is 0. The van der Waals surface area contributed by atoms with Crippen LogP contribution in [0.1, 0.15) is 12.5 Å². The molecule has 0 aliphatic carbocycles. The lowest BCUT2D eigenvalue weighted by atomic mass is 10.2. The predicted molar refractivity (Wildman–Crippen MR) is 86.1 cm³/mol. The molecule has 0 fully saturated rings. The number of carbonyl (C=O) groups excluding carboxylic acids is 1. The first kappa shape index (κ1) is 17.7. The minimum absolute atomic E-state index is 0.0923. The Bertz CT molecular complexity index is 702. The molecule has 0 radical (unpaired) electrons. The highest BCUT2D eigenvalue weighted by atomic mass is 19.4. The lowest BCUT2D eigenvalue weighted by molar-refractivity contribution is -0.167. The number of rotatable bonds is 6. The zero-order valence-corrected chi connectivity index (χ0v) is 13.0. The molecule has 0 aliphatic heterocycles. The van der Waals surface area contributed by atoms with Gasteiger partial charge in [0.15, 0.2) is 0 Å². The summed E-state index contributed by atoms with van der Waals surface area (Å²) < 4.78 is 42.3. The number of nitrogens with one attached hydrogen (secondary N) is 2. The van der Waals surface area contributed by atoms with Crippen molar-refractivity contribution in [2.45, 2.75) is 19.6 Å². The minimum Gasteiger partial charge on any atom is -0.492 e. The molecule has 0 bridgehead atoms. The molecule has 1 amide bonds. The Hall–Kier alpha value is -2.70. The fourth-order valence-electron chi connectivity index (χ4n) is 2.05. The molecule has 0 aliphatic rings. The van der Waals surface area contributed by atoms with Crippen molar-refractivity contribution in [1.82, 2.24) is 0 Å². The van der Waals surface area contributed by atoms with Gasteiger partial charge in [0.1, 0.15) is 5.75 Å². The van der Waals surface area contributed by atoms with Crippen molar-refractivity contribution >= 4 is 17.3 Å². The summed E-state index contributed by atoms with van der Waals surface area (Å²) in [4.78, 5) is 11.0. The van der Waals surface area contributed by atoms with Gasteiger partial charge in [0.2, 0.25) is 0 Å². The van der Waals surface area contributed by atoms with Crippen LogP contribution in [0.15, 0.2) is 48.5 Å². The Morgan fingerprint density at radius 3 is 2.58 bits per heavy atom. The summed E-state index contributed by atoms with van der Waals surface area (Å²) in [7, 11) is 0. The van der Waals surface area contributed by atoms with E-state index >= 15 is 0 Å². The van der Waals surface area contributed by atoms with Crippen molar-refractivity contribution < 1.29 is 22.7 Å². The third-order valence-corrected chi connectivity index (χ3v) is 3.11. The number of amides is 1. The summed E-state index contributed by atoms with van der Waals surface area (Å²) in [6.07, 6.45) is -4.91. The number of ether oxygens (including phenoxy) is 1. The fourth-order valence-corrected chi connectivity index (χ4v) is 2.05. The molecule has 2 N–H and O–H groups in total. The lowest BCUT2D eigenvalue weighted by Gasteiger charge is -2.13. The van der Waals surface area contributed by atoms with Crippen LogP contribution in [0.5, 0.6) is 5.75 Å². The molecular formula is C17H17F3N2O2. The first-order valence-corrected chi connectivity index (χ1v) is 7.33. The van der Waals surface area contributed by atoms with Crippen LogP contribution in [0.25, 0.3) is 0 Å². The Labute approximate surface area is 137 Å². The summed E-state index contributed by atoms with van der Waals surface area (Å²) in [5.41, 5.74) is 1.60. The fraction of sp³-hybridized carbons (Fsp3) is 0.235. The minimum atomic E-state index is -4.91. The molecule has 2 aromatic carbocycles. The van der Waals surface area contributed by atoms with Gasteiger partial charge in [-0.2, -0.15) is 13.2 Å². The maximum absolute atomic E-state index is 12.3. The van der Waals surface area contributed by atoms with E-state index in [1.807, 2.05) is 36.5 Å². The van der Waals surface area contributed by atoms with Crippen LogP contribution in [-0.2, 0) is 11.3 Å². The van der Waals surface area contributed by atoms with Gasteiger partial charge in [0.25, 0.3) is 0 Å². The number of para-hydroxylation sites is 2. The Kier molecular flexibility index (Phi) is 5.68. The summed E-state index contributed by atoms with van der Waals surface area (Å²) in [6.45, 7) is 2.78.